The van der Waals surface area contributed by atoms with Gasteiger partial charge in [-0.25, -0.2) is 0 Å². The van der Waals surface area contributed by atoms with Gasteiger partial charge in [0.1, 0.15) is 0 Å². The van der Waals surface area contributed by atoms with Gasteiger partial charge in [-0.15, -0.1) is 0 Å². The van der Waals surface area contributed by atoms with Crippen LogP contribution in [-0.2, 0) is 11.8 Å². The predicted octanol–water partition coefficient (Wildman–Crippen LogP) is 3.35. The third-order valence-corrected chi connectivity index (χ3v) is 7.77. The molecule has 0 saturated heterocycles. The number of benzene rings is 1. The van der Waals surface area contributed by atoms with Crippen LogP contribution >= 0.6 is 0 Å². The molecule has 1 aromatic rings. The van der Waals surface area contributed by atoms with E-state index in [-0.39, 0.29) is 6.61 Å². The van der Waals surface area contributed by atoms with E-state index in [4.69, 9.17) is 5.11 Å². The van der Waals surface area contributed by atoms with E-state index in [1.165, 1.54) is 37.7 Å². The SMILES string of the molecule is CC(C)c1ccc2c(c1)CC[C@H]1[C@](C)(CNCCNCC(O)CO)CCC[C@]21C. The normalized spacial score (nSPS) is 30.1. The number of hydrogen-bond acceptors (Lipinski definition) is 4. The second kappa shape index (κ2) is 9.47. The summed E-state index contributed by atoms with van der Waals surface area (Å²) in [5.41, 5.74) is 5.31. The van der Waals surface area contributed by atoms with Crippen molar-refractivity contribution in [2.75, 3.05) is 32.8 Å². The lowest BCUT2D eigenvalue weighted by Gasteiger charge is -2.55. The lowest BCUT2D eigenvalue weighted by Crippen LogP contribution is -2.53. The number of hydrogen-bond donors (Lipinski definition) is 4. The van der Waals surface area contributed by atoms with Crippen molar-refractivity contribution >= 4 is 0 Å². The standard InChI is InChI=1S/C25H42N2O2/c1-18(2)19-6-8-22-20(14-19)7-9-23-24(3,10-5-11-25(22,23)4)17-27-13-12-26-15-21(29)16-28/h6,8,14,18,21,23,26-29H,5,7,9-13,15-17H2,1-4H3/t21?,23-,24-,25+/m0/s1. The molecule has 2 aliphatic carbocycles. The zero-order valence-corrected chi connectivity index (χ0v) is 18.9. The first-order valence-corrected chi connectivity index (χ1v) is 11.6. The molecule has 0 radical (unpaired) electrons. The molecule has 0 amide bonds. The fourth-order valence-electron chi connectivity index (χ4n) is 6.10. The van der Waals surface area contributed by atoms with Crippen molar-refractivity contribution in [2.24, 2.45) is 11.3 Å². The van der Waals surface area contributed by atoms with Crippen LogP contribution in [-0.4, -0.2) is 49.1 Å². The van der Waals surface area contributed by atoms with Gasteiger partial charge in [0.25, 0.3) is 0 Å². The van der Waals surface area contributed by atoms with Crippen LogP contribution < -0.4 is 10.6 Å². The van der Waals surface area contributed by atoms with Crippen LogP contribution in [0.15, 0.2) is 18.2 Å². The van der Waals surface area contributed by atoms with E-state index in [0.717, 1.165) is 25.6 Å². The molecule has 0 spiro atoms. The highest BCUT2D eigenvalue weighted by molar-refractivity contribution is 5.42. The van der Waals surface area contributed by atoms with E-state index in [1.54, 1.807) is 11.1 Å². The molecule has 0 bridgehead atoms. The first-order chi connectivity index (χ1) is 13.8. The molecule has 0 heterocycles. The molecule has 4 N–H and O–H groups in total. The maximum absolute atomic E-state index is 9.41. The Morgan fingerprint density at radius 3 is 2.62 bits per heavy atom. The Kier molecular flexibility index (Phi) is 7.42. The molecule has 0 aromatic heterocycles. The number of aliphatic hydroxyl groups is 2. The highest BCUT2D eigenvalue weighted by Gasteiger charge is 2.51. The topological polar surface area (TPSA) is 64.5 Å². The maximum Gasteiger partial charge on any atom is 0.0894 e. The smallest absolute Gasteiger partial charge is 0.0894 e. The van der Waals surface area contributed by atoms with Crippen LogP contribution in [0.5, 0.6) is 0 Å². The summed E-state index contributed by atoms with van der Waals surface area (Å²) in [7, 11) is 0. The summed E-state index contributed by atoms with van der Waals surface area (Å²) in [6.07, 6.45) is 5.76. The van der Waals surface area contributed by atoms with Crippen LogP contribution in [0.1, 0.15) is 76.0 Å². The molecular formula is C25H42N2O2. The molecule has 2 aliphatic rings. The van der Waals surface area contributed by atoms with Gasteiger partial charge in [-0.2, -0.15) is 0 Å². The monoisotopic (exact) mass is 402 g/mol. The van der Waals surface area contributed by atoms with Crippen molar-refractivity contribution < 1.29 is 10.2 Å². The van der Waals surface area contributed by atoms with Crippen LogP contribution in [0, 0.1) is 11.3 Å². The lowest BCUT2D eigenvalue weighted by atomic mass is 9.49. The minimum absolute atomic E-state index is 0.182. The minimum atomic E-state index is -0.662. The highest BCUT2D eigenvalue weighted by atomic mass is 16.3. The van der Waals surface area contributed by atoms with Crippen LogP contribution in [0.2, 0.25) is 0 Å². The molecular weight excluding hydrogens is 360 g/mol. The van der Waals surface area contributed by atoms with Gasteiger partial charge >= 0.3 is 0 Å². The molecule has 0 aliphatic heterocycles. The summed E-state index contributed by atoms with van der Waals surface area (Å²) in [6.45, 7) is 12.6. The highest BCUT2D eigenvalue weighted by Crippen LogP contribution is 2.57. The molecule has 1 aromatic carbocycles. The van der Waals surface area contributed by atoms with Crippen molar-refractivity contribution in [3.05, 3.63) is 34.9 Å². The molecule has 1 unspecified atom stereocenters. The van der Waals surface area contributed by atoms with E-state index < -0.39 is 6.10 Å². The van der Waals surface area contributed by atoms with E-state index in [9.17, 15) is 5.11 Å². The number of rotatable bonds is 9. The molecule has 4 atom stereocenters. The van der Waals surface area contributed by atoms with E-state index in [1.807, 2.05) is 0 Å². The van der Waals surface area contributed by atoms with Crippen molar-refractivity contribution in [2.45, 2.75) is 77.2 Å². The minimum Gasteiger partial charge on any atom is -0.394 e. The molecule has 164 valence electrons. The second-order valence-corrected chi connectivity index (χ2v) is 10.3. The van der Waals surface area contributed by atoms with Crippen LogP contribution in [0.4, 0.5) is 0 Å². The number of fused-ring (bicyclic) bond motifs is 3. The van der Waals surface area contributed by atoms with Gasteiger partial charge in [-0.1, -0.05) is 52.3 Å². The number of aryl methyl sites for hydroxylation is 1. The first-order valence-electron chi connectivity index (χ1n) is 11.6. The Bertz CT molecular complexity index is 677. The predicted molar refractivity (Wildman–Crippen MR) is 120 cm³/mol. The van der Waals surface area contributed by atoms with E-state index in [2.05, 4.69) is 56.5 Å². The van der Waals surface area contributed by atoms with Gasteiger partial charge in [-0.05, 0) is 65.0 Å². The molecule has 4 heteroatoms. The Morgan fingerprint density at radius 1 is 1.14 bits per heavy atom. The Morgan fingerprint density at radius 2 is 1.90 bits per heavy atom. The van der Waals surface area contributed by atoms with Gasteiger partial charge in [-0.3, -0.25) is 0 Å². The summed E-state index contributed by atoms with van der Waals surface area (Å²) >= 11 is 0. The third-order valence-electron chi connectivity index (χ3n) is 7.77. The molecule has 29 heavy (non-hydrogen) atoms. The fourth-order valence-corrected chi connectivity index (χ4v) is 6.10. The first kappa shape index (κ1) is 22.7. The third kappa shape index (κ3) is 4.87. The van der Waals surface area contributed by atoms with Crippen molar-refractivity contribution in [3.8, 4) is 0 Å². The molecule has 3 rings (SSSR count). The average Bonchev–Trinajstić information content (AvgIpc) is 2.69. The summed E-state index contributed by atoms with van der Waals surface area (Å²) < 4.78 is 0. The van der Waals surface area contributed by atoms with Gasteiger partial charge in [0.05, 0.1) is 12.7 Å². The summed E-state index contributed by atoms with van der Waals surface area (Å²) in [6, 6.07) is 7.30. The zero-order valence-electron chi connectivity index (χ0n) is 18.9. The lowest BCUT2D eigenvalue weighted by molar-refractivity contribution is 0.0260. The summed E-state index contributed by atoms with van der Waals surface area (Å²) in [5.74, 6) is 1.32. The van der Waals surface area contributed by atoms with Crippen LogP contribution in [0.25, 0.3) is 0 Å². The number of nitrogens with one attached hydrogen (secondary N) is 2. The van der Waals surface area contributed by atoms with Gasteiger partial charge < -0.3 is 20.8 Å². The summed E-state index contributed by atoms with van der Waals surface area (Å²) in [5, 5.41) is 25.2. The van der Waals surface area contributed by atoms with Crippen LogP contribution in [0.3, 0.4) is 0 Å². The van der Waals surface area contributed by atoms with E-state index >= 15 is 0 Å². The molecule has 4 nitrogen and oxygen atoms in total. The zero-order chi connectivity index (χ0) is 21.1. The second-order valence-electron chi connectivity index (χ2n) is 10.3. The molecule has 1 saturated carbocycles. The average molecular weight is 403 g/mol. The maximum atomic E-state index is 9.41. The summed E-state index contributed by atoms with van der Waals surface area (Å²) in [4.78, 5) is 0. The molecule has 1 fully saturated rings. The quantitative estimate of drug-likeness (QED) is 0.478. The van der Waals surface area contributed by atoms with E-state index in [0.29, 0.717) is 23.3 Å². The number of aliphatic hydroxyl groups excluding tert-OH is 2. The Balaban J connectivity index is 1.64. The van der Waals surface area contributed by atoms with Gasteiger partial charge in [0.2, 0.25) is 0 Å². The Labute approximate surface area is 177 Å². The Hall–Kier alpha value is -0.940. The van der Waals surface area contributed by atoms with Crippen molar-refractivity contribution in [3.63, 3.8) is 0 Å². The largest absolute Gasteiger partial charge is 0.394 e. The van der Waals surface area contributed by atoms with Crippen molar-refractivity contribution in [1.29, 1.82) is 0 Å². The van der Waals surface area contributed by atoms with Gasteiger partial charge in [0.15, 0.2) is 0 Å². The van der Waals surface area contributed by atoms with Crippen molar-refractivity contribution in [1.82, 2.24) is 10.6 Å². The van der Waals surface area contributed by atoms with Gasteiger partial charge in [0, 0.05) is 26.2 Å². The fraction of sp³-hybridized carbons (Fsp3) is 0.760.